The Morgan fingerprint density at radius 2 is 2.04 bits per heavy atom. The number of hydrogen-bond donors (Lipinski definition) is 0. The van der Waals surface area contributed by atoms with E-state index in [-0.39, 0.29) is 5.91 Å². The van der Waals surface area contributed by atoms with E-state index in [2.05, 4.69) is 11.1 Å². The highest BCUT2D eigenvalue weighted by Gasteiger charge is 2.26. The molecule has 0 unspecified atom stereocenters. The molecular formula is C23H19N3O2. The molecule has 0 bridgehead atoms. The SMILES string of the molecule is Cc1cccc(CC(=O)N2CCOc3c(-c4ccc(C#N)cc4)cncc32)c1. The fraction of sp³-hybridized carbons (Fsp3) is 0.174. The molecule has 3 aromatic rings. The highest BCUT2D eigenvalue weighted by atomic mass is 16.5. The molecule has 2 heterocycles. The van der Waals surface area contributed by atoms with Gasteiger partial charge in [0, 0.05) is 11.8 Å². The van der Waals surface area contributed by atoms with Crippen LogP contribution in [0.3, 0.4) is 0 Å². The average Bonchev–Trinajstić information content (AvgIpc) is 2.73. The first kappa shape index (κ1) is 17.7. The van der Waals surface area contributed by atoms with Gasteiger partial charge in [-0.05, 0) is 30.2 Å². The summed E-state index contributed by atoms with van der Waals surface area (Å²) in [5.74, 6) is 0.678. The molecule has 0 saturated carbocycles. The van der Waals surface area contributed by atoms with Gasteiger partial charge in [0.05, 0.1) is 30.8 Å². The van der Waals surface area contributed by atoms with E-state index in [0.29, 0.717) is 36.6 Å². The van der Waals surface area contributed by atoms with Crippen LogP contribution in [0, 0.1) is 18.3 Å². The summed E-state index contributed by atoms with van der Waals surface area (Å²) in [6.07, 6.45) is 3.74. The lowest BCUT2D eigenvalue weighted by Gasteiger charge is -2.30. The molecule has 5 nitrogen and oxygen atoms in total. The topological polar surface area (TPSA) is 66.2 Å². The van der Waals surface area contributed by atoms with Crippen molar-refractivity contribution in [2.24, 2.45) is 0 Å². The maximum atomic E-state index is 13.0. The van der Waals surface area contributed by atoms with E-state index in [1.165, 1.54) is 0 Å². The Morgan fingerprint density at radius 1 is 1.21 bits per heavy atom. The first-order valence-corrected chi connectivity index (χ1v) is 9.13. The van der Waals surface area contributed by atoms with Crippen molar-refractivity contribution in [3.8, 4) is 22.9 Å². The summed E-state index contributed by atoms with van der Waals surface area (Å²) in [4.78, 5) is 19.1. The number of ether oxygens (including phenoxy) is 1. The summed E-state index contributed by atoms with van der Waals surface area (Å²) in [7, 11) is 0. The van der Waals surface area contributed by atoms with E-state index in [9.17, 15) is 4.79 Å². The lowest BCUT2D eigenvalue weighted by atomic mass is 10.0. The molecule has 138 valence electrons. The average molecular weight is 369 g/mol. The molecule has 4 rings (SSSR count). The number of fused-ring (bicyclic) bond motifs is 1. The Balaban J connectivity index is 1.66. The summed E-state index contributed by atoms with van der Waals surface area (Å²) in [5.41, 5.74) is 5.13. The maximum absolute atomic E-state index is 13.0. The van der Waals surface area contributed by atoms with E-state index in [0.717, 1.165) is 22.3 Å². The molecule has 5 heteroatoms. The number of aromatic nitrogens is 1. The molecule has 0 saturated heterocycles. The van der Waals surface area contributed by atoms with Gasteiger partial charge < -0.3 is 9.64 Å². The molecule has 1 aliphatic rings. The molecule has 0 spiro atoms. The van der Waals surface area contributed by atoms with Gasteiger partial charge in [0.15, 0.2) is 5.75 Å². The number of benzene rings is 2. The van der Waals surface area contributed by atoms with Crippen molar-refractivity contribution in [2.45, 2.75) is 13.3 Å². The van der Waals surface area contributed by atoms with E-state index >= 15 is 0 Å². The Labute approximate surface area is 163 Å². The summed E-state index contributed by atoms with van der Waals surface area (Å²) < 4.78 is 5.92. The van der Waals surface area contributed by atoms with Crippen LogP contribution in [0.25, 0.3) is 11.1 Å². The highest BCUT2D eigenvalue weighted by molar-refractivity contribution is 5.98. The second-order valence-corrected chi connectivity index (χ2v) is 6.78. The van der Waals surface area contributed by atoms with Gasteiger partial charge >= 0.3 is 0 Å². The third-order valence-corrected chi connectivity index (χ3v) is 4.79. The van der Waals surface area contributed by atoms with Crippen LogP contribution in [-0.2, 0) is 11.2 Å². The Bertz CT molecular complexity index is 1070. The quantitative estimate of drug-likeness (QED) is 0.702. The minimum absolute atomic E-state index is 0.0222. The van der Waals surface area contributed by atoms with Crippen molar-refractivity contribution >= 4 is 11.6 Å². The summed E-state index contributed by atoms with van der Waals surface area (Å²) in [6, 6.07) is 17.4. The van der Waals surface area contributed by atoms with Crippen molar-refractivity contribution in [1.82, 2.24) is 4.98 Å². The van der Waals surface area contributed by atoms with Crippen LogP contribution in [0.1, 0.15) is 16.7 Å². The summed E-state index contributed by atoms with van der Waals surface area (Å²) >= 11 is 0. The number of hydrogen-bond acceptors (Lipinski definition) is 4. The fourth-order valence-electron chi connectivity index (χ4n) is 3.42. The molecular weight excluding hydrogens is 350 g/mol. The molecule has 1 aromatic heterocycles. The molecule has 1 amide bonds. The van der Waals surface area contributed by atoms with Gasteiger partial charge in [-0.2, -0.15) is 5.26 Å². The van der Waals surface area contributed by atoms with E-state index < -0.39 is 0 Å². The number of carbonyl (C=O) groups excluding carboxylic acids is 1. The predicted octanol–water partition coefficient (Wildman–Crippen LogP) is 3.90. The first-order chi connectivity index (χ1) is 13.7. The van der Waals surface area contributed by atoms with Crippen LogP contribution in [0.2, 0.25) is 0 Å². The number of rotatable bonds is 3. The van der Waals surface area contributed by atoms with Gasteiger partial charge in [0.2, 0.25) is 5.91 Å². The number of anilines is 1. The van der Waals surface area contributed by atoms with Crippen molar-refractivity contribution in [2.75, 3.05) is 18.1 Å². The zero-order valence-corrected chi connectivity index (χ0v) is 15.6. The monoisotopic (exact) mass is 369 g/mol. The Kier molecular flexibility index (Phi) is 4.77. The molecule has 28 heavy (non-hydrogen) atoms. The van der Waals surface area contributed by atoms with Gasteiger partial charge in [-0.1, -0.05) is 42.0 Å². The van der Waals surface area contributed by atoms with Crippen LogP contribution in [0.5, 0.6) is 5.75 Å². The molecule has 0 atom stereocenters. The first-order valence-electron chi connectivity index (χ1n) is 9.13. The number of carbonyl (C=O) groups is 1. The van der Waals surface area contributed by atoms with Crippen LogP contribution >= 0.6 is 0 Å². The Morgan fingerprint density at radius 3 is 2.79 bits per heavy atom. The van der Waals surface area contributed by atoms with E-state index in [4.69, 9.17) is 10.00 Å². The lowest BCUT2D eigenvalue weighted by Crippen LogP contribution is -2.39. The minimum Gasteiger partial charge on any atom is -0.489 e. The molecule has 0 aliphatic carbocycles. The zero-order chi connectivity index (χ0) is 19.5. The highest BCUT2D eigenvalue weighted by Crippen LogP contribution is 2.40. The predicted molar refractivity (Wildman–Crippen MR) is 107 cm³/mol. The van der Waals surface area contributed by atoms with Crippen molar-refractivity contribution in [3.05, 3.63) is 77.6 Å². The van der Waals surface area contributed by atoms with Gasteiger partial charge in [-0.15, -0.1) is 0 Å². The fourth-order valence-corrected chi connectivity index (χ4v) is 3.42. The standard InChI is InChI=1S/C23H19N3O2/c1-16-3-2-4-18(11-16)12-22(27)26-9-10-28-23-20(14-25-15-21(23)26)19-7-5-17(13-24)6-8-19/h2-8,11,14-15H,9-10,12H2,1H3. The second-order valence-electron chi connectivity index (χ2n) is 6.78. The molecule has 0 radical (unpaired) electrons. The van der Waals surface area contributed by atoms with Crippen LogP contribution in [0.15, 0.2) is 60.9 Å². The van der Waals surface area contributed by atoms with Gasteiger partial charge in [0.1, 0.15) is 12.3 Å². The van der Waals surface area contributed by atoms with Crippen LogP contribution in [0.4, 0.5) is 5.69 Å². The lowest BCUT2D eigenvalue weighted by molar-refractivity contribution is -0.118. The molecule has 0 fully saturated rings. The zero-order valence-electron chi connectivity index (χ0n) is 15.6. The number of nitrogens with zero attached hydrogens (tertiary/aromatic N) is 3. The van der Waals surface area contributed by atoms with Crippen molar-refractivity contribution in [1.29, 1.82) is 5.26 Å². The summed E-state index contributed by atoms with van der Waals surface area (Å²) in [5, 5.41) is 8.99. The van der Waals surface area contributed by atoms with Crippen LogP contribution < -0.4 is 9.64 Å². The molecule has 2 aromatic carbocycles. The number of nitriles is 1. The smallest absolute Gasteiger partial charge is 0.231 e. The normalized spacial score (nSPS) is 12.6. The van der Waals surface area contributed by atoms with E-state index in [1.54, 1.807) is 29.4 Å². The van der Waals surface area contributed by atoms with Gasteiger partial charge in [-0.25, -0.2) is 0 Å². The van der Waals surface area contributed by atoms with Crippen LogP contribution in [-0.4, -0.2) is 24.0 Å². The second kappa shape index (κ2) is 7.53. The molecule has 1 aliphatic heterocycles. The number of amides is 1. The maximum Gasteiger partial charge on any atom is 0.231 e. The van der Waals surface area contributed by atoms with Crippen molar-refractivity contribution < 1.29 is 9.53 Å². The van der Waals surface area contributed by atoms with Crippen molar-refractivity contribution in [3.63, 3.8) is 0 Å². The Hall–Kier alpha value is -3.65. The third-order valence-electron chi connectivity index (χ3n) is 4.79. The third kappa shape index (κ3) is 3.45. The number of pyridine rings is 1. The largest absolute Gasteiger partial charge is 0.489 e. The summed E-state index contributed by atoms with van der Waals surface area (Å²) in [6.45, 7) is 2.95. The van der Waals surface area contributed by atoms with Gasteiger partial charge in [0.25, 0.3) is 0 Å². The van der Waals surface area contributed by atoms with Gasteiger partial charge in [-0.3, -0.25) is 9.78 Å². The van der Waals surface area contributed by atoms with E-state index in [1.807, 2.05) is 43.3 Å². The molecule has 0 N–H and O–H groups in total. The number of aryl methyl sites for hydroxylation is 1. The minimum atomic E-state index is 0.0222.